The van der Waals surface area contributed by atoms with E-state index >= 15 is 0 Å². The quantitative estimate of drug-likeness (QED) is 0.683. The number of carboxylic acids is 1. The summed E-state index contributed by atoms with van der Waals surface area (Å²) in [4.78, 5) is 24.4. The number of amides is 1. The molecule has 1 heterocycles. The van der Waals surface area contributed by atoms with Crippen LogP contribution in [0.25, 0.3) is 0 Å². The zero-order chi connectivity index (χ0) is 13.5. The van der Waals surface area contributed by atoms with E-state index in [1.54, 1.807) is 24.2 Å². The molecule has 0 radical (unpaired) electrons. The first-order valence-electron chi connectivity index (χ1n) is 5.83. The minimum Gasteiger partial charge on any atom is -0.477 e. The summed E-state index contributed by atoms with van der Waals surface area (Å²) in [5.41, 5.74) is 0.131. The molecule has 0 unspecified atom stereocenters. The number of aromatic nitrogens is 1. The van der Waals surface area contributed by atoms with Crippen molar-refractivity contribution in [3.63, 3.8) is 0 Å². The lowest BCUT2D eigenvalue weighted by Crippen LogP contribution is -2.32. The molecule has 100 valence electrons. The first-order chi connectivity index (χ1) is 8.56. The molecule has 0 aliphatic heterocycles. The maximum Gasteiger partial charge on any atom is 0.352 e. The van der Waals surface area contributed by atoms with E-state index in [9.17, 15) is 9.59 Å². The Morgan fingerprint density at radius 1 is 1.50 bits per heavy atom. The van der Waals surface area contributed by atoms with Gasteiger partial charge in [-0.3, -0.25) is 4.79 Å². The standard InChI is InChI=1S/C12H19N3O3/c1-13-6-4-7-14(2)11(16)9-15-8-3-5-10(15)12(17)18/h3,5,8,13H,4,6-7,9H2,1-2H3,(H,17,18). The number of hydrogen-bond donors (Lipinski definition) is 2. The number of rotatable bonds is 7. The molecule has 1 amide bonds. The molecule has 0 aromatic carbocycles. The van der Waals surface area contributed by atoms with E-state index in [0.717, 1.165) is 13.0 Å². The van der Waals surface area contributed by atoms with Gasteiger partial charge < -0.3 is 19.9 Å². The normalized spacial score (nSPS) is 10.3. The van der Waals surface area contributed by atoms with Gasteiger partial charge in [-0.05, 0) is 32.1 Å². The summed E-state index contributed by atoms with van der Waals surface area (Å²) in [6.07, 6.45) is 2.47. The molecular formula is C12H19N3O3. The summed E-state index contributed by atoms with van der Waals surface area (Å²) in [7, 11) is 3.59. The first-order valence-corrected chi connectivity index (χ1v) is 5.83. The molecule has 6 heteroatoms. The maximum absolute atomic E-state index is 11.9. The van der Waals surface area contributed by atoms with Crippen LogP contribution in [0.5, 0.6) is 0 Å². The lowest BCUT2D eigenvalue weighted by Gasteiger charge is -2.17. The molecule has 6 nitrogen and oxygen atoms in total. The number of carboxylic acid groups (broad SMARTS) is 1. The average Bonchev–Trinajstić information content (AvgIpc) is 2.77. The lowest BCUT2D eigenvalue weighted by molar-refractivity contribution is -0.130. The molecule has 1 aromatic rings. The van der Waals surface area contributed by atoms with Crippen LogP contribution in [-0.4, -0.2) is 53.6 Å². The van der Waals surface area contributed by atoms with Crippen molar-refractivity contribution in [2.75, 3.05) is 27.2 Å². The summed E-state index contributed by atoms with van der Waals surface area (Å²) in [6, 6.07) is 3.11. The number of nitrogens with one attached hydrogen (secondary N) is 1. The molecule has 0 bridgehead atoms. The summed E-state index contributed by atoms with van der Waals surface area (Å²) in [6.45, 7) is 1.57. The van der Waals surface area contributed by atoms with Crippen LogP contribution in [0.1, 0.15) is 16.9 Å². The van der Waals surface area contributed by atoms with Gasteiger partial charge in [-0.25, -0.2) is 4.79 Å². The first kappa shape index (κ1) is 14.2. The molecule has 0 spiro atoms. The van der Waals surface area contributed by atoms with Gasteiger partial charge >= 0.3 is 5.97 Å². The minimum atomic E-state index is -1.02. The van der Waals surface area contributed by atoms with Gasteiger partial charge in [0.25, 0.3) is 0 Å². The van der Waals surface area contributed by atoms with Crippen LogP contribution in [0.2, 0.25) is 0 Å². The van der Waals surface area contributed by atoms with Crippen molar-refractivity contribution in [3.05, 3.63) is 24.0 Å². The van der Waals surface area contributed by atoms with Gasteiger partial charge in [0.15, 0.2) is 0 Å². The Hall–Kier alpha value is -1.82. The second-order valence-electron chi connectivity index (χ2n) is 4.10. The van der Waals surface area contributed by atoms with Gasteiger partial charge in [-0.15, -0.1) is 0 Å². The van der Waals surface area contributed by atoms with Crippen molar-refractivity contribution < 1.29 is 14.7 Å². The molecule has 0 atom stereocenters. The van der Waals surface area contributed by atoms with E-state index in [1.807, 2.05) is 7.05 Å². The van der Waals surface area contributed by atoms with Crippen LogP contribution in [0.15, 0.2) is 18.3 Å². The van der Waals surface area contributed by atoms with Crippen molar-refractivity contribution >= 4 is 11.9 Å². The van der Waals surface area contributed by atoms with Gasteiger partial charge in [0.05, 0.1) is 0 Å². The third kappa shape index (κ3) is 3.89. The predicted molar refractivity (Wildman–Crippen MR) is 67.6 cm³/mol. The van der Waals surface area contributed by atoms with Crippen molar-refractivity contribution in [1.29, 1.82) is 0 Å². The van der Waals surface area contributed by atoms with Gasteiger partial charge in [0, 0.05) is 19.8 Å². The molecule has 0 saturated heterocycles. The van der Waals surface area contributed by atoms with Crippen LogP contribution in [0.4, 0.5) is 0 Å². The molecule has 2 N–H and O–H groups in total. The molecule has 1 rings (SSSR count). The van der Waals surface area contributed by atoms with Gasteiger partial charge in [0.2, 0.25) is 5.91 Å². The Morgan fingerprint density at radius 2 is 2.22 bits per heavy atom. The predicted octanol–water partition coefficient (Wildman–Crippen LogP) is 0.254. The van der Waals surface area contributed by atoms with Gasteiger partial charge in [-0.2, -0.15) is 0 Å². The van der Waals surface area contributed by atoms with Crippen molar-refractivity contribution in [1.82, 2.24) is 14.8 Å². The summed E-state index contributed by atoms with van der Waals surface area (Å²) < 4.78 is 1.44. The summed E-state index contributed by atoms with van der Waals surface area (Å²) >= 11 is 0. The van der Waals surface area contributed by atoms with Crippen LogP contribution in [-0.2, 0) is 11.3 Å². The van der Waals surface area contributed by atoms with E-state index < -0.39 is 5.97 Å². The maximum atomic E-state index is 11.9. The fourth-order valence-electron chi connectivity index (χ4n) is 1.63. The number of nitrogens with zero attached hydrogens (tertiary/aromatic N) is 2. The second-order valence-corrected chi connectivity index (χ2v) is 4.10. The van der Waals surface area contributed by atoms with E-state index in [2.05, 4.69) is 5.32 Å². The fraction of sp³-hybridized carbons (Fsp3) is 0.500. The molecule has 0 aliphatic carbocycles. The lowest BCUT2D eigenvalue weighted by atomic mass is 10.3. The van der Waals surface area contributed by atoms with E-state index in [0.29, 0.717) is 6.54 Å². The van der Waals surface area contributed by atoms with Gasteiger partial charge in [0.1, 0.15) is 12.2 Å². The Labute approximate surface area is 106 Å². The SMILES string of the molecule is CNCCCN(C)C(=O)Cn1cccc1C(=O)O. The molecule has 18 heavy (non-hydrogen) atoms. The Balaban J connectivity index is 2.53. The number of carbonyl (C=O) groups excluding carboxylic acids is 1. The topological polar surface area (TPSA) is 74.6 Å². The smallest absolute Gasteiger partial charge is 0.352 e. The minimum absolute atomic E-state index is 0.0602. The Kier molecular flexibility index (Phi) is 5.38. The Morgan fingerprint density at radius 3 is 2.83 bits per heavy atom. The Bertz CT molecular complexity index is 414. The molecule has 0 saturated carbocycles. The molecule has 1 aromatic heterocycles. The van der Waals surface area contributed by atoms with Crippen molar-refractivity contribution in [2.24, 2.45) is 0 Å². The summed E-state index contributed by atoms with van der Waals surface area (Å²) in [5.74, 6) is -1.12. The third-order valence-corrected chi connectivity index (χ3v) is 2.70. The molecule has 0 aliphatic rings. The monoisotopic (exact) mass is 253 g/mol. The highest BCUT2D eigenvalue weighted by atomic mass is 16.4. The largest absolute Gasteiger partial charge is 0.477 e. The summed E-state index contributed by atoms with van der Waals surface area (Å²) in [5, 5.41) is 11.9. The number of carbonyl (C=O) groups is 2. The van der Waals surface area contributed by atoms with E-state index in [4.69, 9.17) is 5.11 Å². The number of aromatic carboxylic acids is 1. The second kappa shape index (κ2) is 6.80. The van der Waals surface area contributed by atoms with Crippen LogP contribution in [0.3, 0.4) is 0 Å². The molecular weight excluding hydrogens is 234 g/mol. The third-order valence-electron chi connectivity index (χ3n) is 2.70. The zero-order valence-electron chi connectivity index (χ0n) is 10.7. The van der Waals surface area contributed by atoms with Crippen LogP contribution >= 0.6 is 0 Å². The van der Waals surface area contributed by atoms with Crippen molar-refractivity contribution in [2.45, 2.75) is 13.0 Å². The fourth-order valence-corrected chi connectivity index (χ4v) is 1.63. The van der Waals surface area contributed by atoms with E-state index in [1.165, 1.54) is 10.6 Å². The van der Waals surface area contributed by atoms with Crippen molar-refractivity contribution in [3.8, 4) is 0 Å². The van der Waals surface area contributed by atoms with Crippen LogP contribution in [0, 0.1) is 0 Å². The van der Waals surface area contributed by atoms with E-state index in [-0.39, 0.29) is 18.1 Å². The average molecular weight is 253 g/mol. The zero-order valence-corrected chi connectivity index (χ0v) is 10.7. The highest BCUT2D eigenvalue weighted by Crippen LogP contribution is 2.03. The van der Waals surface area contributed by atoms with Gasteiger partial charge in [-0.1, -0.05) is 0 Å². The number of likely N-dealkylation sites (N-methyl/N-ethyl adjacent to an activating group) is 1. The number of hydrogen-bond acceptors (Lipinski definition) is 3. The highest BCUT2D eigenvalue weighted by molar-refractivity contribution is 5.86. The highest BCUT2D eigenvalue weighted by Gasteiger charge is 2.14. The van der Waals surface area contributed by atoms with Crippen LogP contribution < -0.4 is 5.32 Å². The molecule has 0 fully saturated rings.